The summed E-state index contributed by atoms with van der Waals surface area (Å²) in [6.45, 7) is 3.89. The second-order valence-corrected chi connectivity index (χ2v) is 11.5. The molecule has 7 heteroatoms. The highest BCUT2D eigenvalue weighted by atomic mass is 35.5. The minimum Gasteiger partial charge on any atom is -0.342 e. The van der Waals surface area contributed by atoms with Crippen molar-refractivity contribution in [1.29, 1.82) is 0 Å². The van der Waals surface area contributed by atoms with Crippen molar-refractivity contribution >= 4 is 28.2 Å². The molecule has 192 valence electrons. The van der Waals surface area contributed by atoms with Gasteiger partial charge in [-0.15, -0.1) is 12.4 Å². The number of hydrogen-bond donors (Lipinski definition) is 0. The van der Waals surface area contributed by atoms with Crippen molar-refractivity contribution in [1.82, 2.24) is 9.80 Å². The van der Waals surface area contributed by atoms with Gasteiger partial charge >= 0.3 is 0 Å². The quantitative estimate of drug-likeness (QED) is 0.371. The predicted octanol–water partition coefficient (Wildman–Crippen LogP) is 5.46. The monoisotopic (exact) mass is 526 g/mol. The summed E-state index contributed by atoms with van der Waals surface area (Å²) in [4.78, 5) is 17.4. The molecule has 0 saturated carbocycles. The van der Waals surface area contributed by atoms with Gasteiger partial charge in [0.25, 0.3) is 5.91 Å². The molecule has 1 fully saturated rings. The maximum Gasteiger partial charge on any atom is 0.253 e. The Morgan fingerprint density at radius 1 is 0.861 bits per heavy atom. The van der Waals surface area contributed by atoms with E-state index in [2.05, 4.69) is 35.2 Å². The van der Waals surface area contributed by atoms with Gasteiger partial charge in [0, 0.05) is 25.7 Å². The van der Waals surface area contributed by atoms with Crippen LogP contribution < -0.4 is 0 Å². The Morgan fingerprint density at radius 2 is 1.42 bits per heavy atom. The highest BCUT2D eigenvalue weighted by Crippen LogP contribution is 2.23. The first kappa shape index (κ1) is 27.9. The molecule has 0 bridgehead atoms. The Kier molecular flexibility index (Phi) is 10.1. The zero-order valence-electron chi connectivity index (χ0n) is 20.8. The fourth-order valence-electron chi connectivity index (χ4n) is 4.65. The second kappa shape index (κ2) is 13.0. The van der Waals surface area contributed by atoms with Gasteiger partial charge in [0.2, 0.25) is 0 Å². The van der Waals surface area contributed by atoms with Crippen molar-refractivity contribution in [3.8, 4) is 0 Å². The Morgan fingerprint density at radius 3 is 2.00 bits per heavy atom. The summed E-state index contributed by atoms with van der Waals surface area (Å²) in [5.74, 6) is 0.506. The molecule has 0 aromatic heterocycles. The van der Waals surface area contributed by atoms with Crippen molar-refractivity contribution in [2.45, 2.75) is 36.5 Å². The van der Waals surface area contributed by atoms with E-state index >= 15 is 0 Å². The zero-order chi connectivity index (χ0) is 24.7. The number of nitrogens with zero attached hydrogens (tertiary/aromatic N) is 2. The summed E-state index contributed by atoms with van der Waals surface area (Å²) in [6.07, 6.45) is 3.30. The predicted molar refractivity (Wildman–Crippen MR) is 147 cm³/mol. The van der Waals surface area contributed by atoms with Crippen LogP contribution in [0.5, 0.6) is 0 Å². The van der Waals surface area contributed by atoms with Gasteiger partial charge in [-0.3, -0.25) is 9.69 Å². The van der Waals surface area contributed by atoms with Crippen molar-refractivity contribution < 1.29 is 13.2 Å². The normalized spacial score (nSPS) is 14.7. The van der Waals surface area contributed by atoms with E-state index in [-0.39, 0.29) is 29.0 Å². The SMILES string of the molecule is CN(CCC1CCN(Cc2ccccc2)CC1)C(=O)c1ccc(S(=O)(=O)Cc2ccccc2)cc1.Cl. The summed E-state index contributed by atoms with van der Waals surface area (Å²) < 4.78 is 25.4. The van der Waals surface area contributed by atoms with E-state index in [1.165, 1.54) is 5.56 Å². The van der Waals surface area contributed by atoms with Crippen LogP contribution in [0.2, 0.25) is 0 Å². The standard InChI is InChI=1S/C29H34N2O3S.ClH/c1-30(19-16-24-17-20-31(21-18-24)22-25-8-4-2-5-9-25)29(32)27-12-14-28(15-13-27)35(33,34)23-26-10-6-3-7-11-26;/h2-15,24H,16-23H2,1H3;1H. The lowest BCUT2D eigenvalue weighted by Gasteiger charge is -2.32. The lowest BCUT2D eigenvalue weighted by atomic mass is 9.93. The van der Waals surface area contributed by atoms with E-state index in [9.17, 15) is 13.2 Å². The molecule has 36 heavy (non-hydrogen) atoms. The third kappa shape index (κ3) is 7.66. The summed E-state index contributed by atoms with van der Waals surface area (Å²) >= 11 is 0. The van der Waals surface area contributed by atoms with Crippen LogP contribution in [0.1, 0.15) is 40.7 Å². The number of benzene rings is 3. The molecule has 3 aromatic rings. The van der Waals surface area contributed by atoms with Crippen LogP contribution in [-0.4, -0.2) is 50.8 Å². The van der Waals surface area contributed by atoms with Crippen LogP contribution in [0.4, 0.5) is 0 Å². The molecule has 3 aromatic carbocycles. The Hall–Kier alpha value is -2.67. The largest absolute Gasteiger partial charge is 0.342 e. The highest BCUT2D eigenvalue weighted by Gasteiger charge is 2.21. The third-order valence-corrected chi connectivity index (χ3v) is 8.54. The molecule has 0 aliphatic carbocycles. The second-order valence-electron chi connectivity index (χ2n) is 9.49. The smallest absolute Gasteiger partial charge is 0.253 e. The Bertz CT molecular complexity index is 1190. The number of carbonyl (C=O) groups is 1. The van der Waals surface area contributed by atoms with Crippen LogP contribution in [0.3, 0.4) is 0 Å². The molecule has 0 N–H and O–H groups in total. The van der Waals surface area contributed by atoms with Gasteiger partial charge in [-0.25, -0.2) is 8.42 Å². The molecule has 1 aliphatic rings. The first-order valence-corrected chi connectivity index (χ1v) is 13.9. The fourth-order valence-corrected chi connectivity index (χ4v) is 6.00. The summed E-state index contributed by atoms with van der Waals surface area (Å²) in [7, 11) is -1.63. The number of hydrogen-bond acceptors (Lipinski definition) is 4. The van der Waals surface area contributed by atoms with E-state index in [1.807, 2.05) is 25.2 Å². The van der Waals surface area contributed by atoms with E-state index in [0.29, 0.717) is 18.0 Å². The minimum atomic E-state index is -3.45. The zero-order valence-corrected chi connectivity index (χ0v) is 22.4. The van der Waals surface area contributed by atoms with Gasteiger partial charge in [-0.05, 0) is 73.7 Å². The molecular formula is C29H35ClN2O3S. The van der Waals surface area contributed by atoms with Crippen molar-refractivity contribution in [3.05, 3.63) is 102 Å². The number of sulfone groups is 1. The molecule has 1 saturated heterocycles. The number of halogens is 1. The number of amides is 1. The molecule has 1 amide bonds. The van der Waals surface area contributed by atoms with Gasteiger partial charge in [0.1, 0.15) is 0 Å². The van der Waals surface area contributed by atoms with E-state index < -0.39 is 9.84 Å². The molecular weight excluding hydrogens is 492 g/mol. The topological polar surface area (TPSA) is 57.7 Å². The molecule has 0 unspecified atom stereocenters. The Labute approximate surface area is 221 Å². The third-order valence-electron chi connectivity index (χ3n) is 6.84. The summed E-state index contributed by atoms with van der Waals surface area (Å²) in [6, 6.07) is 26.1. The average molecular weight is 527 g/mol. The van der Waals surface area contributed by atoms with E-state index in [4.69, 9.17) is 0 Å². The lowest BCUT2D eigenvalue weighted by molar-refractivity contribution is 0.0776. The van der Waals surface area contributed by atoms with Gasteiger partial charge in [0.15, 0.2) is 9.84 Å². The summed E-state index contributed by atoms with van der Waals surface area (Å²) in [5.41, 5.74) is 2.62. The molecule has 4 rings (SSSR count). The average Bonchev–Trinajstić information content (AvgIpc) is 2.89. The van der Waals surface area contributed by atoms with Crippen molar-refractivity contribution in [2.75, 3.05) is 26.7 Å². The van der Waals surface area contributed by atoms with Crippen LogP contribution >= 0.6 is 12.4 Å². The van der Waals surface area contributed by atoms with Crippen LogP contribution in [0.15, 0.2) is 89.8 Å². The first-order chi connectivity index (χ1) is 16.9. The highest BCUT2D eigenvalue weighted by molar-refractivity contribution is 7.90. The van der Waals surface area contributed by atoms with Gasteiger partial charge < -0.3 is 4.90 Å². The first-order valence-electron chi connectivity index (χ1n) is 12.3. The maximum absolute atomic E-state index is 12.9. The lowest BCUT2D eigenvalue weighted by Crippen LogP contribution is -2.35. The van der Waals surface area contributed by atoms with Crippen molar-refractivity contribution in [3.63, 3.8) is 0 Å². The fraction of sp³-hybridized carbons (Fsp3) is 0.345. The molecule has 0 atom stereocenters. The van der Waals surface area contributed by atoms with E-state index in [1.54, 1.807) is 41.3 Å². The van der Waals surface area contributed by atoms with Crippen LogP contribution in [0, 0.1) is 5.92 Å². The van der Waals surface area contributed by atoms with E-state index in [0.717, 1.165) is 44.5 Å². The molecule has 1 heterocycles. The maximum atomic E-state index is 12.9. The molecule has 1 aliphatic heterocycles. The minimum absolute atomic E-state index is 0. The number of piperidine rings is 1. The summed E-state index contributed by atoms with van der Waals surface area (Å²) in [5, 5.41) is 0. The van der Waals surface area contributed by atoms with Crippen LogP contribution in [-0.2, 0) is 22.1 Å². The van der Waals surface area contributed by atoms with Gasteiger partial charge in [-0.2, -0.15) is 0 Å². The van der Waals surface area contributed by atoms with Crippen LogP contribution in [0.25, 0.3) is 0 Å². The molecule has 0 spiro atoms. The number of likely N-dealkylation sites (tertiary alicyclic amines) is 1. The number of carbonyl (C=O) groups excluding carboxylic acids is 1. The molecule has 5 nitrogen and oxygen atoms in total. The molecule has 0 radical (unpaired) electrons. The number of rotatable bonds is 9. The van der Waals surface area contributed by atoms with Gasteiger partial charge in [0.05, 0.1) is 10.6 Å². The Balaban J connectivity index is 0.00000361. The van der Waals surface area contributed by atoms with Gasteiger partial charge in [-0.1, -0.05) is 60.7 Å². The van der Waals surface area contributed by atoms with Crippen molar-refractivity contribution in [2.24, 2.45) is 5.92 Å².